The summed E-state index contributed by atoms with van der Waals surface area (Å²) >= 11 is 0. The molecule has 3 aliphatic rings. The first-order chi connectivity index (χ1) is 14.5. The van der Waals surface area contributed by atoms with Crippen molar-refractivity contribution < 1.29 is 14.4 Å². The fraction of sp³-hybridized carbons (Fsp3) is 0.591. The highest BCUT2D eigenvalue weighted by Crippen LogP contribution is 2.30. The monoisotopic (exact) mass is 413 g/mol. The van der Waals surface area contributed by atoms with Crippen LogP contribution in [0.1, 0.15) is 44.6 Å². The quantitative estimate of drug-likeness (QED) is 0.596. The number of nitrogens with one attached hydrogen (secondary N) is 4. The summed E-state index contributed by atoms with van der Waals surface area (Å²) in [5.41, 5.74) is 1.70. The molecule has 0 aliphatic carbocycles. The van der Waals surface area contributed by atoms with Crippen LogP contribution in [0.4, 0.5) is 5.69 Å². The zero-order chi connectivity index (χ0) is 21.3. The Labute approximate surface area is 177 Å². The third-order valence-electron chi connectivity index (χ3n) is 6.53. The Kier molecular flexibility index (Phi) is 6.06. The van der Waals surface area contributed by atoms with E-state index in [1.165, 1.54) is 6.42 Å². The van der Waals surface area contributed by atoms with Crippen molar-refractivity contribution in [1.29, 1.82) is 0 Å². The largest absolute Gasteiger partial charge is 0.340 e. The minimum absolute atomic E-state index is 0.000117. The molecule has 5 atom stereocenters. The average Bonchev–Trinajstić information content (AvgIpc) is 2.72. The number of likely N-dealkylation sites (tertiary alicyclic amines) is 1. The van der Waals surface area contributed by atoms with Gasteiger partial charge in [-0.2, -0.15) is 0 Å². The number of amides is 3. The van der Waals surface area contributed by atoms with Crippen LogP contribution in [-0.2, 0) is 14.4 Å². The molecule has 0 saturated carbocycles. The summed E-state index contributed by atoms with van der Waals surface area (Å²) < 4.78 is 0. The van der Waals surface area contributed by atoms with Crippen molar-refractivity contribution in [2.45, 2.75) is 64.4 Å². The first kappa shape index (κ1) is 20.8. The second-order valence-corrected chi connectivity index (χ2v) is 8.61. The molecule has 0 bridgehead atoms. The SMILES string of the molecule is CCC1CCCCN1C1NC(=O)C2C(NC(=O)CC2C(=O)Nc2cccc(C)c2)N1. The lowest BCUT2D eigenvalue weighted by Gasteiger charge is -2.49. The molecule has 3 saturated heterocycles. The topological polar surface area (TPSA) is 103 Å². The van der Waals surface area contributed by atoms with Gasteiger partial charge in [-0.1, -0.05) is 25.5 Å². The van der Waals surface area contributed by atoms with E-state index in [1.54, 1.807) is 0 Å². The smallest absolute Gasteiger partial charge is 0.229 e. The van der Waals surface area contributed by atoms with E-state index in [0.29, 0.717) is 11.7 Å². The van der Waals surface area contributed by atoms with Crippen LogP contribution in [0, 0.1) is 18.8 Å². The van der Waals surface area contributed by atoms with Crippen molar-refractivity contribution in [3.63, 3.8) is 0 Å². The molecule has 1 aromatic rings. The van der Waals surface area contributed by atoms with Crippen LogP contribution < -0.4 is 21.3 Å². The number of rotatable bonds is 4. The van der Waals surface area contributed by atoms with Crippen molar-refractivity contribution in [2.24, 2.45) is 11.8 Å². The molecule has 4 rings (SSSR count). The molecule has 3 aliphatic heterocycles. The Morgan fingerprint density at radius 2 is 2.07 bits per heavy atom. The summed E-state index contributed by atoms with van der Waals surface area (Å²) in [5.74, 6) is -2.07. The highest BCUT2D eigenvalue weighted by atomic mass is 16.2. The molecule has 3 fully saturated rings. The van der Waals surface area contributed by atoms with E-state index < -0.39 is 18.0 Å². The number of benzene rings is 1. The Bertz CT molecular complexity index is 829. The van der Waals surface area contributed by atoms with E-state index in [2.05, 4.69) is 33.1 Å². The number of fused-ring (bicyclic) bond motifs is 1. The minimum atomic E-state index is -0.721. The molecule has 4 N–H and O–H groups in total. The second-order valence-electron chi connectivity index (χ2n) is 8.61. The molecule has 3 heterocycles. The lowest BCUT2D eigenvalue weighted by Crippen LogP contribution is -2.75. The summed E-state index contributed by atoms with van der Waals surface area (Å²) in [4.78, 5) is 40.7. The summed E-state index contributed by atoms with van der Waals surface area (Å²) in [7, 11) is 0. The molecule has 8 heteroatoms. The summed E-state index contributed by atoms with van der Waals surface area (Å²) in [6.07, 6.45) is 3.51. The van der Waals surface area contributed by atoms with E-state index in [1.807, 2.05) is 31.2 Å². The van der Waals surface area contributed by atoms with Crippen molar-refractivity contribution in [3.05, 3.63) is 29.8 Å². The molecule has 0 radical (unpaired) electrons. The van der Waals surface area contributed by atoms with Crippen LogP contribution >= 0.6 is 0 Å². The lowest BCUT2D eigenvalue weighted by atomic mass is 9.81. The molecule has 3 amide bonds. The predicted octanol–water partition coefficient (Wildman–Crippen LogP) is 1.28. The molecule has 1 aromatic carbocycles. The van der Waals surface area contributed by atoms with Gasteiger partial charge in [0, 0.05) is 24.7 Å². The number of carbonyl (C=O) groups excluding carboxylic acids is 3. The van der Waals surface area contributed by atoms with Crippen LogP contribution in [0.2, 0.25) is 0 Å². The minimum Gasteiger partial charge on any atom is -0.340 e. The maximum absolute atomic E-state index is 13.1. The number of nitrogens with zero attached hydrogens (tertiary/aromatic N) is 1. The van der Waals surface area contributed by atoms with Crippen molar-refractivity contribution >= 4 is 23.4 Å². The normalized spacial score (nSPS) is 32.0. The Morgan fingerprint density at radius 3 is 2.83 bits per heavy atom. The van der Waals surface area contributed by atoms with Gasteiger partial charge in [0.15, 0.2) is 0 Å². The van der Waals surface area contributed by atoms with E-state index in [-0.39, 0.29) is 30.4 Å². The first-order valence-electron chi connectivity index (χ1n) is 11.0. The Hall–Kier alpha value is -2.45. The third kappa shape index (κ3) is 4.20. The molecular formula is C22H31N5O3. The number of carbonyl (C=O) groups is 3. The van der Waals surface area contributed by atoms with Crippen LogP contribution in [0.15, 0.2) is 24.3 Å². The van der Waals surface area contributed by atoms with Gasteiger partial charge in [0.1, 0.15) is 6.29 Å². The van der Waals surface area contributed by atoms with Crippen molar-refractivity contribution in [3.8, 4) is 0 Å². The third-order valence-corrected chi connectivity index (χ3v) is 6.53. The fourth-order valence-corrected chi connectivity index (χ4v) is 5.00. The van der Waals surface area contributed by atoms with Gasteiger partial charge in [-0.15, -0.1) is 0 Å². The summed E-state index contributed by atoms with van der Waals surface area (Å²) in [6, 6.07) is 7.88. The van der Waals surface area contributed by atoms with Gasteiger partial charge in [-0.25, -0.2) is 0 Å². The fourth-order valence-electron chi connectivity index (χ4n) is 5.00. The van der Waals surface area contributed by atoms with Crippen LogP contribution in [-0.4, -0.2) is 47.7 Å². The van der Waals surface area contributed by atoms with Gasteiger partial charge in [0.05, 0.1) is 18.0 Å². The number of piperidine rings is 2. The lowest BCUT2D eigenvalue weighted by molar-refractivity contribution is -0.148. The Morgan fingerprint density at radius 1 is 1.23 bits per heavy atom. The molecular weight excluding hydrogens is 382 g/mol. The van der Waals surface area contributed by atoms with Crippen LogP contribution in [0.3, 0.4) is 0 Å². The molecule has 5 unspecified atom stereocenters. The number of aryl methyl sites for hydroxylation is 1. The van der Waals surface area contributed by atoms with E-state index >= 15 is 0 Å². The van der Waals surface area contributed by atoms with E-state index in [0.717, 1.165) is 31.4 Å². The van der Waals surface area contributed by atoms with Gasteiger partial charge in [-0.05, 0) is 43.9 Å². The Balaban J connectivity index is 1.50. The molecule has 8 nitrogen and oxygen atoms in total. The van der Waals surface area contributed by atoms with Gasteiger partial charge >= 0.3 is 0 Å². The van der Waals surface area contributed by atoms with Crippen molar-refractivity contribution in [1.82, 2.24) is 20.9 Å². The maximum Gasteiger partial charge on any atom is 0.229 e. The zero-order valence-electron chi connectivity index (χ0n) is 17.6. The van der Waals surface area contributed by atoms with Gasteiger partial charge in [-0.3, -0.25) is 24.6 Å². The highest BCUT2D eigenvalue weighted by molar-refractivity contribution is 6.00. The number of hydrogen-bond donors (Lipinski definition) is 4. The maximum atomic E-state index is 13.1. The van der Waals surface area contributed by atoms with Gasteiger partial charge in [0.2, 0.25) is 17.7 Å². The molecule has 0 spiro atoms. The number of anilines is 1. The molecule has 162 valence electrons. The van der Waals surface area contributed by atoms with Crippen LogP contribution in [0.25, 0.3) is 0 Å². The number of hydrogen-bond acceptors (Lipinski definition) is 5. The second kappa shape index (κ2) is 8.73. The average molecular weight is 414 g/mol. The van der Waals surface area contributed by atoms with Gasteiger partial charge in [0.25, 0.3) is 0 Å². The van der Waals surface area contributed by atoms with E-state index in [4.69, 9.17) is 0 Å². The van der Waals surface area contributed by atoms with Crippen molar-refractivity contribution in [2.75, 3.05) is 11.9 Å². The standard InChI is InChI=1S/C22H31N5O3/c1-3-15-9-4-5-10-27(15)22-25-19-18(21(30)26-22)16(12-17(28)24-19)20(29)23-14-8-6-7-13(2)11-14/h6-8,11,15-16,18-19,22,25H,3-5,9-10,12H2,1-2H3,(H,23,29)(H,24,28)(H,26,30). The summed E-state index contributed by atoms with van der Waals surface area (Å²) in [5, 5.41) is 12.2. The van der Waals surface area contributed by atoms with Crippen LogP contribution in [0.5, 0.6) is 0 Å². The van der Waals surface area contributed by atoms with Gasteiger partial charge < -0.3 is 16.0 Å². The zero-order valence-corrected chi connectivity index (χ0v) is 17.6. The summed E-state index contributed by atoms with van der Waals surface area (Å²) in [6.45, 7) is 5.01. The van der Waals surface area contributed by atoms with E-state index in [9.17, 15) is 14.4 Å². The first-order valence-corrected chi connectivity index (χ1v) is 11.0. The highest BCUT2D eigenvalue weighted by Gasteiger charge is 2.49. The predicted molar refractivity (Wildman–Crippen MR) is 113 cm³/mol. The molecule has 0 aromatic heterocycles. The molecule has 30 heavy (non-hydrogen) atoms.